The molecule has 5 nitrogen and oxygen atoms in total. The number of nitriles is 1. The number of nitrogens with zero attached hydrogens (tertiary/aromatic N) is 4. The lowest BCUT2D eigenvalue weighted by atomic mass is 9.97. The SMILES string of the molecule is COc1ccccc1-c1cnc(N2CCN(C)CC2)c2c(C#N)cccc12. The maximum atomic E-state index is 9.73. The fourth-order valence-corrected chi connectivity index (χ4v) is 3.71. The third-order valence-corrected chi connectivity index (χ3v) is 5.21. The minimum atomic E-state index is 0.658. The number of hydrogen-bond acceptors (Lipinski definition) is 5. The number of anilines is 1. The molecule has 5 heteroatoms. The molecule has 0 N–H and O–H groups in total. The van der Waals surface area contributed by atoms with Gasteiger partial charge in [0.25, 0.3) is 0 Å². The zero-order chi connectivity index (χ0) is 18.8. The summed E-state index contributed by atoms with van der Waals surface area (Å²) in [5.41, 5.74) is 2.63. The molecule has 2 aromatic carbocycles. The van der Waals surface area contributed by atoms with Crippen LogP contribution in [0.5, 0.6) is 5.75 Å². The van der Waals surface area contributed by atoms with Gasteiger partial charge in [-0.3, -0.25) is 0 Å². The molecule has 2 heterocycles. The zero-order valence-electron chi connectivity index (χ0n) is 15.6. The third kappa shape index (κ3) is 3.09. The van der Waals surface area contributed by atoms with Crippen molar-refractivity contribution in [1.29, 1.82) is 5.26 Å². The van der Waals surface area contributed by atoms with Crippen LogP contribution in [0.25, 0.3) is 21.9 Å². The number of benzene rings is 2. The van der Waals surface area contributed by atoms with Gasteiger partial charge in [-0.2, -0.15) is 5.26 Å². The number of aromatic nitrogens is 1. The fraction of sp³-hybridized carbons (Fsp3) is 0.273. The lowest BCUT2D eigenvalue weighted by molar-refractivity contribution is 0.312. The van der Waals surface area contributed by atoms with Gasteiger partial charge in [0.2, 0.25) is 0 Å². The maximum absolute atomic E-state index is 9.73. The quantitative estimate of drug-likeness (QED) is 0.717. The van der Waals surface area contributed by atoms with Crippen molar-refractivity contribution in [2.75, 3.05) is 45.2 Å². The zero-order valence-corrected chi connectivity index (χ0v) is 15.6. The molecule has 136 valence electrons. The molecule has 3 aromatic rings. The van der Waals surface area contributed by atoms with Crippen molar-refractivity contribution in [1.82, 2.24) is 9.88 Å². The fourth-order valence-electron chi connectivity index (χ4n) is 3.71. The Morgan fingerprint density at radius 3 is 2.52 bits per heavy atom. The number of hydrogen-bond donors (Lipinski definition) is 0. The van der Waals surface area contributed by atoms with Gasteiger partial charge in [-0.15, -0.1) is 0 Å². The predicted octanol–water partition coefficient (Wildman–Crippen LogP) is 3.53. The number of ether oxygens (including phenoxy) is 1. The van der Waals surface area contributed by atoms with Crippen LogP contribution in [-0.2, 0) is 0 Å². The van der Waals surface area contributed by atoms with Crippen molar-refractivity contribution in [2.24, 2.45) is 0 Å². The van der Waals surface area contributed by atoms with Crippen LogP contribution in [0.2, 0.25) is 0 Å². The maximum Gasteiger partial charge on any atom is 0.137 e. The molecule has 0 atom stereocenters. The van der Waals surface area contributed by atoms with Crippen molar-refractivity contribution in [3.05, 3.63) is 54.2 Å². The molecular weight excluding hydrogens is 336 g/mol. The van der Waals surface area contributed by atoms with Crippen molar-refractivity contribution in [3.63, 3.8) is 0 Å². The van der Waals surface area contributed by atoms with Crippen LogP contribution in [0.3, 0.4) is 0 Å². The second-order valence-electron chi connectivity index (χ2n) is 6.83. The van der Waals surface area contributed by atoms with E-state index < -0.39 is 0 Å². The summed E-state index contributed by atoms with van der Waals surface area (Å²) in [5, 5.41) is 11.7. The lowest BCUT2D eigenvalue weighted by Gasteiger charge is -2.34. The highest BCUT2D eigenvalue weighted by atomic mass is 16.5. The lowest BCUT2D eigenvalue weighted by Crippen LogP contribution is -2.44. The first-order valence-electron chi connectivity index (χ1n) is 9.11. The van der Waals surface area contributed by atoms with Gasteiger partial charge in [-0.25, -0.2) is 4.98 Å². The van der Waals surface area contributed by atoms with E-state index in [0.29, 0.717) is 5.56 Å². The topological polar surface area (TPSA) is 52.4 Å². The Bertz CT molecular complexity index is 1020. The van der Waals surface area contributed by atoms with E-state index in [9.17, 15) is 5.26 Å². The molecule has 4 rings (SSSR count). The Hall–Kier alpha value is -3.10. The van der Waals surface area contributed by atoms with Crippen molar-refractivity contribution in [2.45, 2.75) is 0 Å². The molecule has 1 aliphatic heterocycles. The molecule has 0 saturated carbocycles. The van der Waals surface area contributed by atoms with Gasteiger partial charge >= 0.3 is 0 Å². The number of pyridine rings is 1. The summed E-state index contributed by atoms with van der Waals surface area (Å²) in [6, 6.07) is 16.2. The summed E-state index contributed by atoms with van der Waals surface area (Å²) >= 11 is 0. The molecule has 1 aliphatic rings. The highest BCUT2D eigenvalue weighted by molar-refractivity contribution is 6.05. The molecule has 0 aliphatic carbocycles. The van der Waals surface area contributed by atoms with Crippen LogP contribution >= 0.6 is 0 Å². The van der Waals surface area contributed by atoms with E-state index in [-0.39, 0.29) is 0 Å². The molecule has 0 spiro atoms. The number of para-hydroxylation sites is 1. The summed E-state index contributed by atoms with van der Waals surface area (Å²) in [4.78, 5) is 9.42. The third-order valence-electron chi connectivity index (χ3n) is 5.21. The van der Waals surface area contributed by atoms with Crippen molar-refractivity contribution < 1.29 is 4.74 Å². The first kappa shape index (κ1) is 17.3. The normalized spacial score (nSPS) is 14.9. The number of likely N-dealkylation sites (N-methyl/N-ethyl adjacent to an activating group) is 1. The average Bonchev–Trinajstić information content (AvgIpc) is 2.73. The summed E-state index contributed by atoms with van der Waals surface area (Å²) < 4.78 is 5.55. The monoisotopic (exact) mass is 358 g/mol. The van der Waals surface area contributed by atoms with E-state index in [1.54, 1.807) is 7.11 Å². The Labute approximate surface area is 159 Å². The summed E-state index contributed by atoms with van der Waals surface area (Å²) in [6.07, 6.45) is 1.91. The summed E-state index contributed by atoms with van der Waals surface area (Å²) in [7, 11) is 3.81. The number of fused-ring (bicyclic) bond motifs is 1. The summed E-state index contributed by atoms with van der Waals surface area (Å²) in [6.45, 7) is 3.80. The van der Waals surface area contributed by atoms with Gasteiger partial charge in [0.05, 0.1) is 18.7 Å². The minimum Gasteiger partial charge on any atom is -0.496 e. The highest BCUT2D eigenvalue weighted by Crippen LogP contribution is 2.38. The number of piperazine rings is 1. The van der Waals surface area contributed by atoms with Crippen LogP contribution in [0, 0.1) is 11.3 Å². The standard InChI is InChI=1S/C22H22N4O/c1-25-10-12-26(13-11-25)22-21-16(14-23)6-5-8-18(21)19(15-24-22)17-7-3-4-9-20(17)27-2/h3-9,15H,10-13H2,1-2H3. The average molecular weight is 358 g/mol. The molecule has 27 heavy (non-hydrogen) atoms. The van der Waals surface area contributed by atoms with Gasteiger partial charge in [0, 0.05) is 48.9 Å². The Morgan fingerprint density at radius 2 is 1.78 bits per heavy atom. The van der Waals surface area contributed by atoms with E-state index in [1.165, 1.54) is 0 Å². The van der Waals surface area contributed by atoms with Crippen LogP contribution in [0.4, 0.5) is 5.82 Å². The molecule has 0 amide bonds. The molecular formula is C22H22N4O. The van der Waals surface area contributed by atoms with E-state index >= 15 is 0 Å². The van der Waals surface area contributed by atoms with Crippen LogP contribution in [-0.4, -0.2) is 50.2 Å². The van der Waals surface area contributed by atoms with Crippen LogP contribution < -0.4 is 9.64 Å². The molecule has 1 saturated heterocycles. The van der Waals surface area contributed by atoms with Gasteiger partial charge in [0.1, 0.15) is 11.6 Å². The Balaban J connectivity index is 1.94. The molecule has 0 unspecified atom stereocenters. The van der Waals surface area contributed by atoms with E-state index in [4.69, 9.17) is 9.72 Å². The molecule has 0 radical (unpaired) electrons. The highest BCUT2D eigenvalue weighted by Gasteiger charge is 2.21. The first-order valence-corrected chi connectivity index (χ1v) is 9.11. The second kappa shape index (κ2) is 7.26. The largest absolute Gasteiger partial charge is 0.496 e. The molecule has 1 fully saturated rings. The minimum absolute atomic E-state index is 0.658. The molecule has 0 bridgehead atoms. The number of rotatable bonds is 3. The molecule has 1 aromatic heterocycles. The van der Waals surface area contributed by atoms with E-state index in [1.807, 2.05) is 42.6 Å². The Morgan fingerprint density at radius 1 is 1.00 bits per heavy atom. The first-order chi connectivity index (χ1) is 13.2. The Kier molecular flexibility index (Phi) is 4.66. The van der Waals surface area contributed by atoms with Crippen LogP contribution in [0.1, 0.15) is 5.56 Å². The second-order valence-corrected chi connectivity index (χ2v) is 6.83. The van der Waals surface area contributed by atoms with Gasteiger partial charge in [-0.05, 0) is 24.6 Å². The summed E-state index contributed by atoms with van der Waals surface area (Å²) in [5.74, 6) is 1.70. The predicted molar refractivity (Wildman–Crippen MR) is 108 cm³/mol. The van der Waals surface area contributed by atoms with Gasteiger partial charge in [0.15, 0.2) is 0 Å². The van der Waals surface area contributed by atoms with Crippen molar-refractivity contribution >= 4 is 16.6 Å². The van der Waals surface area contributed by atoms with E-state index in [2.05, 4.69) is 29.0 Å². The number of methoxy groups -OCH3 is 1. The van der Waals surface area contributed by atoms with Gasteiger partial charge < -0.3 is 14.5 Å². The van der Waals surface area contributed by atoms with Crippen molar-refractivity contribution in [3.8, 4) is 22.9 Å². The smallest absolute Gasteiger partial charge is 0.137 e. The van der Waals surface area contributed by atoms with E-state index in [0.717, 1.165) is 59.6 Å². The van der Waals surface area contributed by atoms with Gasteiger partial charge in [-0.1, -0.05) is 30.3 Å². The van der Waals surface area contributed by atoms with Crippen LogP contribution in [0.15, 0.2) is 48.7 Å².